The fraction of sp³-hybridized carbons (Fsp3) is 0.214. The minimum atomic E-state index is 0.547. The van der Waals surface area contributed by atoms with Crippen LogP contribution in [0.25, 0.3) is 11.3 Å². The second-order valence-corrected chi connectivity index (χ2v) is 4.25. The average Bonchev–Trinajstić information content (AvgIpc) is 2.38. The molecule has 2 rings (SSSR count). The first-order valence-electron chi connectivity index (χ1n) is 5.66. The summed E-state index contributed by atoms with van der Waals surface area (Å²) in [7, 11) is 1.65. The van der Waals surface area contributed by atoms with Crippen LogP contribution in [-0.2, 0) is 0 Å². The van der Waals surface area contributed by atoms with Crippen LogP contribution in [-0.4, -0.2) is 17.2 Å². The first kappa shape index (κ1) is 12.1. The Hall–Kier alpha value is -2.41. The molecule has 4 nitrogen and oxygen atoms in total. The lowest BCUT2D eigenvalue weighted by Gasteiger charge is -2.09. The van der Waals surface area contributed by atoms with Crippen molar-refractivity contribution in [3.8, 4) is 17.5 Å². The van der Waals surface area contributed by atoms with Crippen molar-refractivity contribution >= 4 is 5.82 Å². The van der Waals surface area contributed by atoms with Crippen LogP contribution in [0.5, 0.6) is 0 Å². The van der Waals surface area contributed by atoms with Gasteiger partial charge in [0.1, 0.15) is 0 Å². The van der Waals surface area contributed by atoms with Crippen molar-refractivity contribution in [2.75, 3.05) is 11.9 Å². The lowest BCUT2D eigenvalue weighted by molar-refractivity contribution is 0.992. The third-order valence-electron chi connectivity index (χ3n) is 2.80. The molecule has 0 radical (unpaired) electrons. The Kier molecular flexibility index (Phi) is 3.24. The Bertz CT molecular complexity index is 596. The van der Waals surface area contributed by atoms with Crippen molar-refractivity contribution < 1.29 is 0 Å². The lowest BCUT2D eigenvalue weighted by Crippen LogP contribution is -2.10. The summed E-state index contributed by atoms with van der Waals surface area (Å²) in [4.78, 5) is 1.37. The standard InChI is InChI=1S/C14H14N4/c1-10-4-5-12(11(2)8-10)13-6-7-14(17-16-13)18(3)9-15/h4-8H,1-3H3. The SMILES string of the molecule is Cc1ccc(-c2ccc(N(C)C#N)nn2)c(C)c1. The number of hydrogen-bond donors (Lipinski definition) is 0. The number of benzene rings is 1. The van der Waals surface area contributed by atoms with Gasteiger partial charge in [-0.3, -0.25) is 4.90 Å². The molecule has 0 N–H and O–H groups in total. The Morgan fingerprint density at radius 3 is 2.44 bits per heavy atom. The van der Waals surface area contributed by atoms with Crippen LogP contribution in [0.15, 0.2) is 30.3 Å². The van der Waals surface area contributed by atoms with Crippen LogP contribution in [0.2, 0.25) is 0 Å². The zero-order valence-electron chi connectivity index (χ0n) is 10.7. The smallest absolute Gasteiger partial charge is 0.185 e. The Morgan fingerprint density at radius 2 is 1.89 bits per heavy atom. The van der Waals surface area contributed by atoms with Gasteiger partial charge in [-0.25, -0.2) is 0 Å². The van der Waals surface area contributed by atoms with Crippen LogP contribution in [0.1, 0.15) is 11.1 Å². The van der Waals surface area contributed by atoms with E-state index in [1.165, 1.54) is 16.0 Å². The van der Waals surface area contributed by atoms with Crippen molar-refractivity contribution in [2.24, 2.45) is 0 Å². The molecule has 0 aliphatic carbocycles. The van der Waals surface area contributed by atoms with Gasteiger partial charge in [-0.2, -0.15) is 5.26 Å². The van der Waals surface area contributed by atoms with Crippen LogP contribution in [0.4, 0.5) is 5.82 Å². The molecule has 90 valence electrons. The van der Waals surface area contributed by atoms with Crippen molar-refractivity contribution in [2.45, 2.75) is 13.8 Å². The van der Waals surface area contributed by atoms with Crippen LogP contribution >= 0.6 is 0 Å². The highest BCUT2D eigenvalue weighted by molar-refractivity contribution is 5.64. The molecule has 0 bridgehead atoms. The minimum Gasteiger partial charge on any atom is -0.265 e. The number of nitriles is 1. The number of hydrogen-bond acceptors (Lipinski definition) is 4. The predicted octanol–water partition coefficient (Wildman–Crippen LogP) is 2.68. The Balaban J connectivity index is 2.38. The van der Waals surface area contributed by atoms with Gasteiger partial charge >= 0.3 is 0 Å². The molecule has 2 aromatic rings. The first-order chi connectivity index (χ1) is 8.61. The predicted molar refractivity (Wildman–Crippen MR) is 71.0 cm³/mol. The zero-order valence-corrected chi connectivity index (χ0v) is 10.7. The molecule has 0 saturated heterocycles. The van der Waals surface area contributed by atoms with E-state index in [1.807, 2.05) is 18.3 Å². The van der Waals surface area contributed by atoms with Gasteiger partial charge in [-0.05, 0) is 31.5 Å². The van der Waals surface area contributed by atoms with Gasteiger partial charge in [0.25, 0.3) is 0 Å². The van der Waals surface area contributed by atoms with Gasteiger partial charge < -0.3 is 0 Å². The van der Waals surface area contributed by atoms with E-state index >= 15 is 0 Å². The lowest BCUT2D eigenvalue weighted by atomic mass is 10.0. The van der Waals surface area contributed by atoms with Crippen molar-refractivity contribution in [1.82, 2.24) is 10.2 Å². The number of nitrogens with zero attached hydrogens (tertiary/aromatic N) is 4. The molecule has 0 unspecified atom stereocenters. The monoisotopic (exact) mass is 238 g/mol. The first-order valence-corrected chi connectivity index (χ1v) is 5.66. The third-order valence-corrected chi connectivity index (χ3v) is 2.80. The zero-order chi connectivity index (χ0) is 13.1. The summed E-state index contributed by atoms with van der Waals surface area (Å²) in [5.41, 5.74) is 4.29. The summed E-state index contributed by atoms with van der Waals surface area (Å²) in [6, 6.07) is 9.90. The summed E-state index contributed by atoms with van der Waals surface area (Å²) in [6.45, 7) is 4.12. The van der Waals surface area contributed by atoms with Crippen LogP contribution in [0, 0.1) is 25.3 Å². The fourth-order valence-electron chi connectivity index (χ4n) is 1.80. The summed E-state index contributed by atoms with van der Waals surface area (Å²) in [5, 5.41) is 17.0. The summed E-state index contributed by atoms with van der Waals surface area (Å²) >= 11 is 0. The number of rotatable bonds is 2. The topological polar surface area (TPSA) is 52.8 Å². The molecule has 4 heteroatoms. The van der Waals surface area contributed by atoms with E-state index in [0.29, 0.717) is 5.82 Å². The number of anilines is 1. The largest absolute Gasteiger partial charge is 0.265 e. The van der Waals surface area contributed by atoms with Crippen molar-refractivity contribution in [3.05, 3.63) is 41.5 Å². The van der Waals surface area contributed by atoms with E-state index in [2.05, 4.69) is 36.2 Å². The van der Waals surface area contributed by atoms with Crippen LogP contribution in [0.3, 0.4) is 0 Å². The van der Waals surface area contributed by atoms with Crippen LogP contribution < -0.4 is 4.90 Å². The molecule has 0 amide bonds. The van der Waals surface area contributed by atoms with Gasteiger partial charge in [0, 0.05) is 12.6 Å². The van der Waals surface area contributed by atoms with E-state index < -0.39 is 0 Å². The minimum absolute atomic E-state index is 0.547. The summed E-state index contributed by atoms with van der Waals surface area (Å²) in [6.07, 6.45) is 1.99. The normalized spacial score (nSPS) is 9.89. The van der Waals surface area contributed by atoms with E-state index in [4.69, 9.17) is 5.26 Å². The third kappa shape index (κ3) is 2.30. The van der Waals surface area contributed by atoms with E-state index in [1.54, 1.807) is 13.1 Å². The van der Waals surface area contributed by atoms with E-state index in [9.17, 15) is 0 Å². The van der Waals surface area contributed by atoms with E-state index in [-0.39, 0.29) is 0 Å². The fourth-order valence-corrected chi connectivity index (χ4v) is 1.80. The molecule has 0 aliphatic rings. The Labute approximate surface area is 107 Å². The second kappa shape index (κ2) is 4.84. The molecule has 1 aromatic heterocycles. The maximum atomic E-state index is 8.76. The molecule has 0 aliphatic heterocycles. The maximum Gasteiger partial charge on any atom is 0.185 e. The molecule has 1 heterocycles. The van der Waals surface area contributed by atoms with Crippen molar-refractivity contribution in [1.29, 1.82) is 5.26 Å². The number of aryl methyl sites for hydroxylation is 2. The summed E-state index contributed by atoms with van der Waals surface area (Å²) < 4.78 is 0. The molecule has 0 atom stereocenters. The highest BCUT2D eigenvalue weighted by atomic mass is 15.2. The molecule has 18 heavy (non-hydrogen) atoms. The average molecular weight is 238 g/mol. The summed E-state index contributed by atoms with van der Waals surface area (Å²) in [5.74, 6) is 0.547. The molecule has 0 saturated carbocycles. The maximum absolute atomic E-state index is 8.76. The Morgan fingerprint density at radius 1 is 1.11 bits per heavy atom. The highest BCUT2D eigenvalue weighted by Gasteiger charge is 2.06. The quantitative estimate of drug-likeness (QED) is 0.596. The molecule has 0 fully saturated rings. The second-order valence-electron chi connectivity index (χ2n) is 4.25. The van der Waals surface area contributed by atoms with Gasteiger partial charge in [-0.15, -0.1) is 10.2 Å². The van der Waals surface area contributed by atoms with Gasteiger partial charge in [0.15, 0.2) is 12.0 Å². The van der Waals surface area contributed by atoms with E-state index in [0.717, 1.165) is 11.3 Å². The van der Waals surface area contributed by atoms with Gasteiger partial charge in [-0.1, -0.05) is 23.8 Å². The molecule has 0 spiro atoms. The van der Waals surface area contributed by atoms with Crippen molar-refractivity contribution in [3.63, 3.8) is 0 Å². The van der Waals surface area contributed by atoms with Gasteiger partial charge in [0.2, 0.25) is 0 Å². The molecule has 1 aromatic carbocycles. The number of aromatic nitrogens is 2. The van der Waals surface area contributed by atoms with Gasteiger partial charge in [0.05, 0.1) is 5.69 Å². The highest BCUT2D eigenvalue weighted by Crippen LogP contribution is 2.22. The molecular formula is C14H14N4. The molecular weight excluding hydrogens is 224 g/mol.